The monoisotopic (exact) mass is 1580 g/mol. The Morgan fingerprint density at radius 1 is 0.580 bits per heavy atom. The highest BCUT2D eigenvalue weighted by Crippen LogP contribution is 2.25. The maximum atomic E-state index is 11.8. The van der Waals surface area contributed by atoms with Crippen LogP contribution in [0.5, 0.6) is 0 Å². The van der Waals surface area contributed by atoms with E-state index in [1.165, 1.54) is 23.7 Å². The van der Waals surface area contributed by atoms with E-state index in [9.17, 15) is 14.4 Å². The van der Waals surface area contributed by atoms with Crippen molar-refractivity contribution in [3.05, 3.63) is 131 Å². The highest BCUT2D eigenvalue weighted by atomic mass is 79.9. The van der Waals surface area contributed by atoms with Gasteiger partial charge in [-0.05, 0) is 178 Å². The second-order valence-corrected chi connectivity index (χ2v) is 24.7. The lowest BCUT2D eigenvalue weighted by Gasteiger charge is -2.25. The number of amides is 1. The molecule has 21 heteroatoms. The van der Waals surface area contributed by atoms with Gasteiger partial charge in [0.2, 0.25) is 0 Å². The lowest BCUT2D eigenvalue weighted by molar-refractivity contribution is -0.0294. The number of carbonyl (C=O) groups excluding carboxylic acids is 3. The predicted octanol–water partition coefficient (Wildman–Crippen LogP) is 19.6. The number of halogens is 11. The largest absolute Gasteiger partial charge is 0.519 e. The highest BCUT2D eigenvalue weighted by Gasteiger charge is 2.24. The molecule has 4 rings (SSSR count). The van der Waals surface area contributed by atoms with Crippen LogP contribution in [0.2, 0.25) is 0 Å². The van der Waals surface area contributed by atoms with Crippen LogP contribution >= 0.6 is 167 Å². The molecular formula is C48H66Br9Cl2N3O7. The van der Waals surface area contributed by atoms with Crippen molar-refractivity contribution in [2.45, 2.75) is 112 Å². The van der Waals surface area contributed by atoms with Gasteiger partial charge in [0.25, 0.3) is 0 Å². The number of aryl methyl sites for hydroxylation is 1. The number of nitrogens with two attached hydrogens (primary N) is 1. The molecular weight excluding hydrogens is 1520 g/mol. The molecule has 0 aliphatic heterocycles. The Hall–Kier alpha value is -0.290. The number of benzene rings is 4. The van der Waals surface area contributed by atoms with Gasteiger partial charge >= 0.3 is 18.4 Å². The summed E-state index contributed by atoms with van der Waals surface area (Å²) in [4.78, 5) is 35.4. The second kappa shape index (κ2) is 40.1. The number of nitrogens with zero attached hydrogens (tertiary/aromatic N) is 1. The second-order valence-electron chi connectivity index (χ2n) is 16.2. The molecule has 0 radical (unpaired) electrons. The molecule has 0 bridgehead atoms. The van der Waals surface area contributed by atoms with Crippen molar-refractivity contribution in [3.63, 3.8) is 0 Å². The van der Waals surface area contributed by atoms with Crippen molar-refractivity contribution in [2.24, 2.45) is 5.73 Å². The number of ether oxygens (including phenoxy) is 4. The van der Waals surface area contributed by atoms with E-state index < -0.39 is 29.1 Å². The molecule has 392 valence electrons. The maximum Gasteiger partial charge on any atom is 0.519 e. The van der Waals surface area contributed by atoms with Crippen LogP contribution < -0.4 is 11.1 Å². The molecule has 4 aromatic carbocycles. The number of alkyl halides is 3. The van der Waals surface area contributed by atoms with E-state index in [2.05, 4.69) is 184 Å². The maximum absolute atomic E-state index is 11.8. The van der Waals surface area contributed by atoms with E-state index >= 15 is 0 Å². The molecule has 0 saturated heterocycles. The van der Waals surface area contributed by atoms with E-state index in [1.54, 1.807) is 53.5 Å². The quantitative estimate of drug-likeness (QED) is 0.0868. The zero-order valence-electron chi connectivity index (χ0n) is 40.3. The van der Waals surface area contributed by atoms with Gasteiger partial charge in [-0.25, -0.2) is 14.4 Å². The van der Waals surface area contributed by atoms with Crippen molar-refractivity contribution >= 4 is 185 Å². The molecule has 0 aliphatic carbocycles. The van der Waals surface area contributed by atoms with Gasteiger partial charge in [0.05, 0.1) is 5.34 Å². The summed E-state index contributed by atoms with van der Waals surface area (Å²) in [5.74, 6) is 0. The zero-order valence-corrected chi connectivity index (χ0v) is 56.1. The Morgan fingerprint density at radius 3 is 1.22 bits per heavy atom. The standard InChI is InChI=1S/C13H17Br2NO2.C10H18O5.C8H9Br2N.C7H5Br3.C7H6Br2.CH2Cl2.CH5N.CH4/c1-13(2,3)18-12(17)16(4)8-9-7-10(14)5-6-11(9)15;1-9(2,3)14-7(11)13-8(12)15-10(4,5)6;1-11-5-6-4-7(9)2-3-8(6)10;8-4-5-3-6(9)1-2-7(5)10;1-5-4-6(8)2-3-7(5)9;2-1-3;1-2;/h5-7H,8H2,1-4H3;1-6H3;2-4,11H,5H2,1H3;1-3H,4H2;2-4H,1H3;1H2;2H2,1H3;1H4. The van der Waals surface area contributed by atoms with Crippen LogP contribution in [-0.4, -0.2) is 66.6 Å². The third kappa shape index (κ3) is 41.7. The van der Waals surface area contributed by atoms with E-state index in [0.717, 1.165) is 53.2 Å². The topological polar surface area (TPSA) is 129 Å². The van der Waals surface area contributed by atoms with Crippen LogP contribution in [0.1, 0.15) is 92.0 Å². The summed E-state index contributed by atoms with van der Waals surface area (Å²) in [6.07, 6.45) is -2.44. The van der Waals surface area contributed by atoms with Crippen molar-refractivity contribution in [1.82, 2.24) is 10.2 Å². The van der Waals surface area contributed by atoms with Crippen LogP contribution in [0.25, 0.3) is 0 Å². The molecule has 0 aromatic heterocycles. The van der Waals surface area contributed by atoms with Crippen molar-refractivity contribution in [3.8, 4) is 0 Å². The van der Waals surface area contributed by atoms with Crippen molar-refractivity contribution in [1.29, 1.82) is 0 Å². The lowest BCUT2D eigenvalue weighted by Crippen LogP contribution is -2.33. The number of hydrogen-bond acceptors (Lipinski definition) is 9. The summed E-state index contributed by atoms with van der Waals surface area (Å²) >= 11 is 40.3. The fraction of sp³-hybridized carbons (Fsp3) is 0.438. The molecule has 0 spiro atoms. The molecule has 0 fully saturated rings. The van der Waals surface area contributed by atoms with Crippen LogP contribution in [0.3, 0.4) is 0 Å². The summed E-state index contributed by atoms with van der Waals surface area (Å²) in [6.45, 7) is 19.0. The number of carbonyl (C=O) groups is 3. The first-order valence-corrected chi connectivity index (χ1v) is 28.5. The average molecular weight is 1590 g/mol. The van der Waals surface area contributed by atoms with Crippen LogP contribution in [-0.2, 0) is 37.4 Å². The molecule has 69 heavy (non-hydrogen) atoms. The van der Waals surface area contributed by atoms with E-state index in [4.69, 9.17) is 37.4 Å². The molecule has 0 atom stereocenters. The summed E-state index contributed by atoms with van der Waals surface area (Å²) in [6, 6.07) is 24.3. The number of rotatable bonds is 5. The molecule has 1 amide bonds. The molecule has 0 aliphatic rings. The third-order valence-electron chi connectivity index (χ3n) is 6.71. The normalized spacial score (nSPS) is 10.2. The summed E-state index contributed by atoms with van der Waals surface area (Å²) in [5, 5.41) is 4.18. The SMILES string of the molecule is BrCc1cc(Br)ccc1Br.C.CC(C)(C)OC(=O)OC(=O)OC(C)(C)C.CN.CN(Cc1cc(Br)ccc1Br)C(=O)OC(C)(C)C.CNCc1cc(Br)ccc1Br.Cc1cc(Br)ccc1Br.ClCCl. The van der Waals surface area contributed by atoms with E-state index in [0.29, 0.717) is 6.54 Å². The predicted molar refractivity (Wildman–Crippen MR) is 322 cm³/mol. The molecule has 0 unspecified atom stereocenters. The minimum Gasteiger partial charge on any atom is -0.444 e. The first-order valence-electron chi connectivity index (χ1n) is 20.0. The van der Waals surface area contributed by atoms with Crippen molar-refractivity contribution in [2.75, 3.05) is 26.5 Å². The smallest absolute Gasteiger partial charge is 0.444 e. The fourth-order valence-electron chi connectivity index (χ4n) is 4.06. The Kier molecular flexibility index (Phi) is 43.7. The molecule has 0 heterocycles. The van der Waals surface area contributed by atoms with Gasteiger partial charge in [0.1, 0.15) is 16.8 Å². The minimum atomic E-state index is -1.06. The van der Waals surface area contributed by atoms with Gasteiger partial charge in [-0.1, -0.05) is 151 Å². The number of hydrogen-bond donors (Lipinski definition) is 2. The third-order valence-corrected chi connectivity index (χ3v) is 12.5. The van der Waals surface area contributed by atoms with Crippen LogP contribution in [0, 0.1) is 6.92 Å². The Labute approximate surface area is 497 Å². The Morgan fingerprint density at radius 2 is 0.899 bits per heavy atom. The summed E-state index contributed by atoms with van der Waals surface area (Å²) in [5.41, 5.74) is 7.44. The summed E-state index contributed by atoms with van der Waals surface area (Å²) in [7, 11) is 5.16. The van der Waals surface area contributed by atoms with E-state index in [1.807, 2.05) is 82.4 Å². The highest BCUT2D eigenvalue weighted by molar-refractivity contribution is 9.12. The van der Waals surface area contributed by atoms with Crippen LogP contribution in [0.4, 0.5) is 14.4 Å². The Balaban J connectivity index is -0.000000379. The first-order chi connectivity index (χ1) is 31.3. The van der Waals surface area contributed by atoms with Gasteiger partial charge in [0.15, 0.2) is 0 Å². The van der Waals surface area contributed by atoms with Crippen molar-refractivity contribution < 1.29 is 33.3 Å². The molecule has 10 nitrogen and oxygen atoms in total. The van der Waals surface area contributed by atoms with Gasteiger partial charge in [-0.2, -0.15) is 0 Å². The number of nitrogens with one attached hydrogen (secondary N) is 1. The molecule has 3 N–H and O–H groups in total. The van der Waals surface area contributed by atoms with Gasteiger partial charge in [0, 0.05) is 61.2 Å². The fourth-order valence-corrected chi connectivity index (χ4v) is 7.99. The molecule has 0 saturated carbocycles. The zero-order chi connectivity index (χ0) is 53.6. The van der Waals surface area contributed by atoms with Gasteiger partial charge < -0.3 is 34.9 Å². The molecule has 4 aromatic rings. The Bertz CT molecular complexity index is 2080. The van der Waals surface area contributed by atoms with Gasteiger partial charge in [-0.3, -0.25) is 0 Å². The summed E-state index contributed by atoms with van der Waals surface area (Å²) < 4.78 is 27.9. The minimum absolute atomic E-state index is 0. The average Bonchev–Trinajstić information content (AvgIpc) is 3.20. The lowest BCUT2D eigenvalue weighted by atomic mass is 10.2. The van der Waals surface area contributed by atoms with E-state index in [-0.39, 0.29) is 18.9 Å². The first kappa shape index (κ1) is 75.2. The van der Waals surface area contributed by atoms with Crippen LogP contribution in [0.15, 0.2) is 109 Å². The van der Waals surface area contributed by atoms with Gasteiger partial charge in [-0.15, -0.1) is 23.2 Å².